The Morgan fingerprint density at radius 3 is 2.28 bits per heavy atom. The van der Waals surface area contributed by atoms with Gasteiger partial charge in [0.2, 0.25) is 0 Å². The Bertz CT molecular complexity index is 402. The lowest BCUT2D eigenvalue weighted by atomic mass is 10.1. The molecule has 0 fully saturated rings. The fourth-order valence-corrected chi connectivity index (χ4v) is 1.37. The molecule has 1 aromatic carbocycles. The van der Waals surface area contributed by atoms with Gasteiger partial charge < -0.3 is 10.5 Å². The maximum absolute atomic E-state index is 12.5. The molecule has 0 spiro atoms. The van der Waals surface area contributed by atoms with Gasteiger partial charge in [0.15, 0.2) is 0 Å². The second kappa shape index (κ2) is 5.61. The molecule has 2 nitrogen and oxygen atoms in total. The van der Waals surface area contributed by atoms with Crippen molar-refractivity contribution in [3.63, 3.8) is 0 Å². The fourth-order valence-electron chi connectivity index (χ4n) is 1.37. The lowest BCUT2D eigenvalue weighted by Crippen LogP contribution is -2.20. The molecule has 0 heterocycles. The SMILES string of the molecule is CC(C)C(C)Oc1ccc(C(F)(F)F)cc1CN. The van der Waals surface area contributed by atoms with Gasteiger partial charge in [-0.3, -0.25) is 0 Å². The predicted molar refractivity (Wildman–Crippen MR) is 64.3 cm³/mol. The average Bonchev–Trinajstić information content (AvgIpc) is 2.27. The number of hydrogen-bond acceptors (Lipinski definition) is 2. The Balaban J connectivity index is 3.01. The quantitative estimate of drug-likeness (QED) is 0.899. The Labute approximate surface area is 105 Å². The van der Waals surface area contributed by atoms with Gasteiger partial charge in [-0.1, -0.05) is 13.8 Å². The van der Waals surface area contributed by atoms with Gasteiger partial charge in [0.05, 0.1) is 11.7 Å². The van der Waals surface area contributed by atoms with Crippen LogP contribution in [0.5, 0.6) is 5.75 Å². The van der Waals surface area contributed by atoms with Gasteiger partial charge >= 0.3 is 6.18 Å². The second-order valence-corrected chi connectivity index (χ2v) is 4.59. The van der Waals surface area contributed by atoms with Gasteiger partial charge in [-0.15, -0.1) is 0 Å². The van der Waals surface area contributed by atoms with E-state index in [9.17, 15) is 13.2 Å². The van der Waals surface area contributed by atoms with Crippen molar-refractivity contribution in [1.82, 2.24) is 0 Å². The Morgan fingerprint density at radius 2 is 1.83 bits per heavy atom. The maximum Gasteiger partial charge on any atom is 0.416 e. The van der Waals surface area contributed by atoms with E-state index in [4.69, 9.17) is 10.5 Å². The molecular weight excluding hydrogens is 243 g/mol. The van der Waals surface area contributed by atoms with Gasteiger partial charge in [0.25, 0.3) is 0 Å². The Hall–Kier alpha value is -1.23. The van der Waals surface area contributed by atoms with Gasteiger partial charge in [-0.2, -0.15) is 13.2 Å². The first-order chi connectivity index (χ1) is 8.25. The molecule has 0 bridgehead atoms. The summed E-state index contributed by atoms with van der Waals surface area (Å²) in [6, 6.07) is 3.40. The molecule has 0 amide bonds. The molecule has 1 unspecified atom stereocenters. The fraction of sp³-hybridized carbons (Fsp3) is 0.538. The van der Waals surface area contributed by atoms with Crippen molar-refractivity contribution in [2.75, 3.05) is 0 Å². The molecule has 102 valence electrons. The van der Waals surface area contributed by atoms with E-state index in [0.29, 0.717) is 11.3 Å². The maximum atomic E-state index is 12.5. The van der Waals surface area contributed by atoms with E-state index in [1.54, 1.807) is 0 Å². The topological polar surface area (TPSA) is 35.2 Å². The van der Waals surface area contributed by atoms with E-state index in [-0.39, 0.29) is 18.6 Å². The first kappa shape index (κ1) is 14.8. The first-order valence-corrected chi connectivity index (χ1v) is 5.82. The summed E-state index contributed by atoms with van der Waals surface area (Å²) in [4.78, 5) is 0. The largest absolute Gasteiger partial charge is 0.490 e. The van der Waals surface area contributed by atoms with Crippen molar-refractivity contribution < 1.29 is 17.9 Å². The highest BCUT2D eigenvalue weighted by Gasteiger charge is 2.31. The molecule has 0 aliphatic heterocycles. The van der Waals surface area contributed by atoms with Crippen LogP contribution < -0.4 is 10.5 Å². The minimum absolute atomic E-state index is 0.0179. The summed E-state index contributed by atoms with van der Waals surface area (Å²) in [5.41, 5.74) is 5.14. The van der Waals surface area contributed by atoms with E-state index in [1.165, 1.54) is 6.07 Å². The average molecular weight is 261 g/mol. The molecule has 5 heteroatoms. The first-order valence-electron chi connectivity index (χ1n) is 5.82. The van der Waals surface area contributed by atoms with Crippen molar-refractivity contribution in [2.45, 2.75) is 39.6 Å². The van der Waals surface area contributed by atoms with Gasteiger partial charge in [0.1, 0.15) is 5.75 Å². The molecule has 1 aromatic rings. The van der Waals surface area contributed by atoms with E-state index < -0.39 is 11.7 Å². The molecule has 0 saturated heterocycles. The van der Waals surface area contributed by atoms with Crippen molar-refractivity contribution in [3.8, 4) is 5.75 Å². The van der Waals surface area contributed by atoms with E-state index in [1.807, 2.05) is 20.8 Å². The molecule has 0 saturated carbocycles. The zero-order chi connectivity index (χ0) is 13.9. The van der Waals surface area contributed by atoms with Crippen LogP contribution in [0.2, 0.25) is 0 Å². The Morgan fingerprint density at radius 1 is 1.22 bits per heavy atom. The molecule has 1 rings (SSSR count). The van der Waals surface area contributed by atoms with Gasteiger partial charge in [-0.25, -0.2) is 0 Å². The summed E-state index contributed by atoms with van der Waals surface area (Å²) < 4.78 is 43.3. The standard InChI is InChI=1S/C13H18F3NO/c1-8(2)9(3)18-12-5-4-11(13(14,15)16)6-10(12)7-17/h4-6,8-9H,7,17H2,1-3H3. The molecular formula is C13H18F3NO. The smallest absolute Gasteiger partial charge is 0.416 e. The highest BCUT2D eigenvalue weighted by atomic mass is 19.4. The van der Waals surface area contributed by atoms with Crippen LogP contribution >= 0.6 is 0 Å². The summed E-state index contributed by atoms with van der Waals surface area (Å²) >= 11 is 0. The molecule has 0 aliphatic carbocycles. The summed E-state index contributed by atoms with van der Waals surface area (Å²) in [7, 11) is 0. The molecule has 1 atom stereocenters. The van der Waals surface area contributed by atoms with Crippen LogP contribution in [-0.2, 0) is 12.7 Å². The third-order valence-corrected chi connectivity index (χ3v) is 2.86. The minimum atomic E-state index is -4.36. The number of halogens is 3. The highest BCUT2D eigenvalue weighted by Crippen LogP contribution is 2.33. The lowest BCUT2D eigenvalue weighted by molar-refractivity contribution is -0.137. The van der Waals surface area contributed by atoms with Gasteiger partial charge in [-0.05, 0) is 31.0 Å². The van der Waals surface area contributed by atoms with Crippen LogP contribution in [0.4, 0.5) is 13.2 Å². The molecule has 0 radical (unpaired) electrons. The van der Waals surface area contributed by atoms with Gasteiger partial charge in [0, 0.05) is 12.1 Å². The number of benzene rings is 1. The lowest BCUT2D eigenvalue weighted by Gasteiger charge is -2.20. The summed E-state index contributed by atoms with van der Waals surface area (Å²) in [6.45, 7) is 5.86. The van der Waals surface area contributed by atoms with Crippen molar-refractivity contribution in [3.05, 3.63) is 29.3 Å². The summed E-state index contributed by atoms with van der Waals surface area (Å²) in [6.07, 6.45) is -4.43. The predicted octanol–water partition coefficient (Wildman–Crippen LogP) is 3.59. The van der Waals surface area contributed by atoms with Crippen LogP contribution in [0.15, 0.2) is 18.2 Å². The van der Waals surface area contributed by atoms with Crippen LogP contribution in [-0.4, -0.2) is 6.10 Å². The van der Waals surface area contributed by atoms with Crippen LogP contribution in [0, 0.1) is 5.92 Å². The van der Waals surface area contributed by atoms with E-state index in [2.05, 4.69) is 0 Å². The molecule has 2 N–H and O–H groups in total. The summed E-state index contributed by atoms with van der Waals surface area (Å²) in [5, 5.41) is 0. The molecule has 0 aliphatic rings. The third-order valence-electron chi connectivity index (χ3n) is 2.86. The van der Waals surface area contributed by atoms with Crippen molar-refractivity contribution in [2.24, 2.45) is 11.7 Å². The monoisotopic (exact) mass is 261 g/mol. The number of hydrogen-bond donors (Lipinski definition) is 1. The number of rotatable bonds is 4. The highest BCUT2D eigenvalue weighted by molar-refractivity contribution is 5.38. The number of nitrogens with two attached hydrogens (primary N) is 1. The number of alkyl halides is 3. The van der Waals surface area contributed by atoms with Crippen molar-refractivity contribution >= 4 is 0 Å². The number of ether oxygens (including phenoxy) is 1. The zero-order valence-corrected chi connectivity index (χ0v) is 10.7. The third kappa shape index (κ3) is 3.63. The van der Waals surface area contributed by atoms with Crippen LogP contribution in [0.3, 0.4) is 0 Å². The normalized spacial score (nSPS) is 13.8. The van der Waals surface area contributed by atoms with E-state index >= 15 is 0 Å². The molecule has 18 heavy (non-hydrogen) atoms. The second-order valence-electron chi connectivity index (χ2n) is 4.59. The van der Waals surface area contributed by atoms with Crippen LogP contribution in [0.1, 0.15) is 31.9 Å². The summed E-state index contributed by atoms with van der Waals surface area (Å²) in [5.74, 6) is 0.699. The minimum Gasteiger partial charge on any atom is -0.490 e. The Kier molecular flexibility index (Phi) is 4.62. The van der Waals surface area contributed by atoms with Crippen molar-refractivity contribution in [1.29, 1.82) is 0 Å². The zero-order valence-electron chi connectivity index (χ0n) is 10.7. The molecule has 0 aromatic heterocycles. The van der Waals surface area contributed by atoms with Crippen LogP contribution in [0.25, 0.3) is 0 Å². The van der Waals surface area contributed by atoms with E-state index in [0.717, 1.165) is 12.1 Å².